The lowest BCUT2D eigenvalue weighted by molar-refractivity contribution is -0.156. The second kappa shape index (κ2) is 8.19. The summed E-state index contributed by atoms with van der Waals surface area (Å²) in [4.78, 5) is 25.5. The fourth-order valence-corrected chi connectivity index (χ4v) is 9.88. The highest BCUT2D eigenvalue weighted by Gasteiger charge is 2.64. The van der Waals surface area contributed by atoms with E-state index in [1.54, 1.807) is 0 Å². The molecular weight excluding hydrogens is 440 g/mol. The monoisotopic (exact) mass is 480 g/mol. The maximum absolute atomic E-state index is 13.8. The van der Waals surface area contributed by atoms with Crippen LogP contribution in [-0.4, -0.2) is 23.7 Å². The first-order valence-electron chi connectivity index (χ1n) is 12.4. The van der Waals surface area contributed by atoms with Crippen molar-refractivity contribution in [2.75, 3.05) is 7.11 Å². The van der Waals surface area contributed by atoms with Crippen LogP contribution < -0.4 is 0 Å². The topological polar surface area (TPSA) is 43.4 Å². The largest absolute Gasteiger partial charge is 0.469 e. The van der Waals surface area contributed by atoms with E-state index in [4.69, 9.17) is 4.74 Å². The second-order valence-electron chi connectivity index (χ2n) is 11.9. The van der Waals surface area contributed by atoms with Gasteiger partial charge in [-0.2, -0.15) is 0 Å². The number of fused-ring (bicyclic) bond motifs is 5. The van der Waals surface area contributed by atoms with Gasteiger partial charge in [-0.25, -0.2) is 0 Å². The number of methoxy groups -OCH3 is 1. The van der Waals surface area contributed by atoms with Crippen LogP contribution in [0.2, 0.25) is 0 Å². The van der Waals surface area contributed by atoms with E-state index in [0.717, 1.165) is 12.3 Å². The van der Waals surface area contributed by atoms with Crippen molar-refractivity contribution in [1.29, 1.82) is 0 Å². The quantitative estimate of drug-likeness (QED) is 0.344. The predicted octanol–water partition coefficient (Wildman–Crippen LogP) is 6.42. The zero-order chi connectivity index (χ0) is 21.8. The van der Waals surface area contributed by atoms with Gasteiger partial charge in [0.25, 0.3) is 0 Å². The first-order valence-corrected chi connectivity index (χ1v) is 13.3. The molecule has 0 heterocycles. The summed E-state index contributed by atoms with van der Waals surface area (Å²) in [6, 6.07) is 0. The van der Waals surface area contributed by atoms with E-state index in [1.165, 1.54) is 52.1 Å². The Morgan fingerprint density at radius 3 is 2.47 bits per heavy atom. The molecule has 4 rings (SSSR count). The minimum Gasteiger partial charge on any atom is -0.469 e. The molecule has 0 aliphatic heterocycles. The van der Waals surface area contributed by atoms with E-state index < -0.39 is 0 Å². The van der Waals surface area contributed by atoms with Gasteiger partial charge in [-0.1, -0.05) is 50.0 Å². The highest BCUT2D eigenvalue weighted by molar-refractivity contribution is 9.10. The molecule has 0 aromatic heterocycles. The minimum absolute atomic E-state index is 0.0460. The van der Waals surface area contributed by atoms with Crippen molar-refractivity contribution in [2.24, 2.45) is 52.3 Å². The van der Waals surface area contributed by atoms with Gasteiger partial charge in [-0.3, -0.25) is 9.59 Å². The van der Waals surface area contributed by atoms with Gasteiger partial charge in [0.2, 0.25) is 0 Å². The second-order valence-corrected chi connectivity index (χ2v) is 12.8. The van der Waals surface area contributed by atoms with Gasteiger partial charge in [-0.05, 0) is 91.3 Å². The highest BCUT2D eigenvalue weighted by atomic mass is 79.9. The number of ketones is 1. The Morgan fingerprint density at radius 2 is 1.77 bits per heavy atom. The van der Waals surface area contributed by atoms with Crippen LogP contribution in [-0.2, 0) is 14.3 Å². The van der Waals surface area contributed by atoms with E-state index in [-0.39, 0.29) is 22.1 Å². The van der Waals surface area contributed by atoms with Crippen LogP contribution in [0.3, 0.4) is 0 Å². The molecule has 0 saturated heterocycles. The molecule has 0 spiro atoms. The van der Waals surface area contributed by atoms with E-state index in [0.29, 0.717) is 47.2 Å². The molecule has 0 bridgehead atoms. The van der Waals surface area contributed by atoms with E-state index in [1.807, 2.05) is 0 Å². The average Bonchev–Trinajstić information content (AvgIpc) is 3.08. The molecule has 30 heavy (non-hydrogen) atoms. The van der Waals surface area contributed by atoms with Crippen molar-refractivity contribution in [3.63, 3.8) is 0 Å². The number of Topliss-reactive ketones (excluding diaryl/α,β-unsaturated/α-hetero) is 1. The summed E-state index contributed by atoms with van der Waals surface area (Å²) in [6.45, 7) is 9.69. The first kappa shape index (κ1) is 22.8. The maximum Gasteiger partial charge on any atom is 0.305 e. The minimum atomic E-state index is -0.0969. The number of carbonyl (C=O) groups excluding carboxylic acids is 2. The molecule has 4 aliphatic rings. The summed E-state index contributed by atoms with van der Waals surface area (Å²) in [5.41, 5.74) is 0.555. The molecule has 0 N–H and O–H groups in total. The van der Waals surface area contributed by atoms with Gasteiger partial charge in [0.1, 0.15) is 5.78 Å². The highest BCUT2D eigenvalue weighted by Crippen LogP contribution is 2.68. The molecular formula is C26H41BrO3. The third kappa shape index (κ3) is 3.42. The molecule has 0 radical (unpaired) electrons. The smallest absolute Gasteiger partial charge is 0.305 e. The number of ether oxygens (including phenoxy) is 1. The van der Waals surface area contributed by atoms with Gasteiger partial charge < -0.3 is 4.74 Å². The third-order valence-electron chi connectivity index (χ3n) is 10.5. The van der Waals surface area contributed by atoms with Crippen molar-refractivity contribution in [3.8, 4) is 0 Å². The van der Waals surface area contributed by atoms with Gasteiger partial charge >= 0.3 is 5.97 Å². The molecule has 0 unspecified atom stereocenters. The normalized spacial score (nSPS) is 49.0. The summed E-state index contributed by atoms with van der Waals surface area (Å²) in [5, 5.41) is 0. The Labute approximate surface area is 191 Å². The molecule has 10 atom stereocenters. The van der Waals surface area contributed by atoms with Crippen molar-refractivity contribution in [3.05, 3.63) is 0 Å². The van der Waals surface area contributed by atoms with Crippen LogP contribution in [0.4, 0.5) is 0 Å². The van der Waals surface area contributed by atoms with Gasteiger partial charge in [-0.15, -0.1) is 0 Å². The van der Waals surface area contributed by atoms with Crippen molar-refractivity contribution >= 4 is 27.7 Å². The molecule has 4 saturated carbocycles. The molecule has 4 heteroatoms. The number of carbonyl (C=O) groups is 2. The SMILES string of the molecule is COC(=O)CC[C@@H](C)[C@H]1CC[C@H]2[C@@H]3C(=O)[C@H](Br)[C@@H]4C[C@H](C)CC[C@]4(C)[C@H]3CC[C@]12C. The van der Waals surface area contributed by atoms with E-state index in [9.17, 15) is 9.59 Å². The summed E-state index contributed by atoms with van der Waals surface area (Å²) in [5.74, 6) is 4.13. The molecule has 170 valence electrons. The lowest BCUT2D eigenvalue weighted by atomic mass is 9.43. The average molecular weight is 482 g/mol. The van der Waals surface area contributed by atoms with Gasteiger partial charge in [0.15, 0.2) is 0 Å². The Balaban J connectivity index is 1.57. The fraction of sp³-hybridized carbons (Fsp3) is 0.923. The third-order valence-corrected chi connectivity index (χ3v) is 11.6. The Hall–Kier alpha value is -0.380. The number of esters is 1. The molecule has 3 nitrogen and oxygen atoms in total. The van der Waals surface area contributed by atoms with Crippen LogP contribution >= 0.6 is 15.9 Å². The Kier molecular flexibility index (Phi) is 6.23. The lowest BCUT2D eigenvalue weighted by Crippen LogP contribution is -2.60. The van der Waals surface area contributed by atoms with E-state index >= 15 is 0 Å². The zero-order valence-corrected chi connectivity index (χ0v) is 21.2. The molecule has 0 amide bonds. The zero-order valence-electron chi connectivity index (χ0n) is 19.6. The standard InChI is InChI=1S/C26H41BrO3/c1-15-10-12-26(4)19-11-13-25(3)17(16(2)6-9-21(28)30-5)7-8-18(25)22(19)24(29)23(27)20(26)14-15/h15-20,22-23H,6-14H2,1-5H3/t15-,16-,17-,18+,19+,20+,22+,23-,25-,26-/m1/s1. The van der Waals surface area contributed by atoms with Crippen LogP contribution in [0.25, 0.3) is 0 Å². The molecule has 0 aromatic carbocycles. The van der Waals surface area contributed by atoms with Crippen molar-refractivity contribution < 1.29 is 14.3 Å². The van der Waals surface area contributed by atoms with E-state index in [2.05, 4.69) is 43.6 Å². The van der Waals surface area contributed by atoms with Crippen LogP contribution in [0.1, 0.15) is 85.5 Å². The lowest BCUT2D eigenvalue weighted by Gasteiger charge is -2.61. The van der Waals surface area contributed by atoms with Crippen LogP contribution in [0.15, 0.2) is 0 Å². The Morgan fingerprint density at radius 1 is 1.10 bits per heavy atom. The first-order chi connectivity index (χ1) is 14.1. The number of rotatable bonds is 4. The molecule has 4 aliphatic carbocycles. The number of alkyl halides is 1. The summed E-state index contributed by atoms with van der Waals surface area (Å²) in [6.07, 6.45) is 10.1. The predicted molar refractivity (Wildman–Crippen MR) is 123 cm³/mol. The van der Waals surface area contributed by atoms with Crippen molar-refractivity contribution in [2.45, 2.75) is 90.3 Å². The number of halogens is 1. The summed E-state index contributed by atoms with van der Waals surface area (Å²) >= 11 is 3.93. The number of hydrogen-bond donors (Lipinski definition) is 0. The van der Waals surface area contributed by atoms with Crippen LogP contribution in [0.5, 0.6) is 0 Å². The fourth-order valence-electron chi connectivity index (χ4n) is 8.76. The Bertz CT molecular complexity index is 692. The summed E-state index contributed by atoms with van der Waals surface area (Å²) < 4.78 is 4.87. The molecule has 0 aromatic rings. The molecule has 4 fully saturated rings. The maximum atomic E-state index is 13.8. The summed E-state index contributed by atoms with van der Waals surface area (Å²) in [7, 11) is 1.48. The number of hydrogen-bond acceptors (Lipinski definition) is 3. The van der Waals surface area contributed by atoms with Gasteiger partial charge in [0.05, 0.1) is 11.9 Å². The van der Waals surface area contributed by atoms with Crippen molar-refractivity contribution in [1.82, 2.24) is 0 Å². The van der Waals surface area contributed by atoms with Crippen LogP contribution in [0, 0.1) is 52.3 Å². The van der Waals surface area contributed by atoms with Gasteiger partial charge in [0, 0.05) is 12.3 Å².